The van der Waals surface area contributed by atoms with Crippen LogP contribution in [0.2, 0.25) is 0 Å². The maximum absolute atomic E-state index is 6.09. The molecule has 0 saturated carbocycles. The molecule has 2 aliphatic heterocycles. The molecule has 1 aromatic rings. The first-order chi connectivity index (χ1) is 13.1. The number of fused-ring (bicyclic) bond motifs is 1. The number of halogens is 1. The largest absolute Gasteiger partial charge is 0.373 e. The summed E-state index contributed by atoms with van der Waals surface area (Å²) < 4.78 is 6.09. The van der Waals surface area contributed by atoms with Gasteiger partial charge in [-0.05, 0) is 26.5 Å². The molecule has 28 heavy (non-hydrogen) atoms. The summed E-state index contributed by atoms with van der Waals surface area (Å²) in [7, 11) is 4.04. The van der Waals surface area contributed by atoms with Crippen LogP contribution >= 0.6 is 24.0 Å². The van der Waals surface area contributed by atoms with Crippen LogP contribution in [0.25, 0.3) is 0 Å². The molecule has 0 amide bonds. The Kier molecular flexibility index (Phi) is 9.46. The minimum absolute atomic E-state index is 0. The molecule has 2 atom stereocenters. The number of nitrogens with zero attached hydrogens (tertiary/aromatic N) is 4. The van der Waals surface area contributed by atoms with Gasteiger partial charge in [0, 0.05) is 52.4 Å². The second-order valence-corrected chi connectivity index (χ2v) is 7.89. The lowest BCUT2D eigenvalue weighted by molar-refractivity contribution is -0.0502. The molecule has 0 bridgehead atoms. The lowest BCUT2D eigenvalue weighted by atomic mass is 10.1. The molecule has 2 fully saturated rings. The summed E-state index contributed by atoms with van der Waals surface area (Å²) in [6.45, 7) is 11.0. The second kappa shape index (κ2) is 11.3. The predicted molar refractivity (Wildman–Crippen MR) is 126 cm³/mol. The highest BCUT2D eigenvalue weighted by molar-refractivity contribution is 14.0. The molecule has 2 heterocycles. The fourth-order valence-corrected chi connectivity index (χ4v) is 3.88. The average Bonchev–Trinajstić information content (AvgIpc) is 3.11. The topological polar surface area (TPSA) is 43.3 Å². The van der Waals surface area contributed by atoms with Crippen LogP contribution in [-0.4, -0.2) is 92.3 Å². The molecule has 2 unspecified atom stereocenters. The number of hydrogen-bond donors (Lipinski definition) is 1. The number of guanidine groups is 1. The lowest BCUT2D eigenvalue weighted by Crippen LogP contribution is -2.50. The van der Waals surface area contributed by atoms with E-state index >= 15 is 0 Å². The van der Waals surface area contributed by atoms with Crippen LogP contribution in [0.3, 0.4) is 0 Å². The number of likely N-dealkylation sites (N-methyl/N-ethyl adjacent to an activating group) is 1. The molecule has 0 radical (unpaired) electrons. The van der Waals surface area contributed by atoms with Gasteiger partial charge in [0.1, 0.15) is 0 Å². The van der Waals surface area contributed by atoms with Crippen molar-refractivity contribution in [1.29, 1.82) is 0 Å². The highest BCUT2D eigenvalue weighted by atomic mass is 127. The Morgan fingerprint density at radius 3 is 2.71 bits per heavy atom. The van der Waals surface area contributed by atoms with E-state index in [4.69, 9.17) is 4.74 Å². The van der Waals surface area contributed by atoms with Crippen LogP contribution in [0, 0.1) is 0 Å². The van der Waals surface area contributed by atoms with Crippen molar-refractivity contribution in [2.24, 2.45) is 4.99 Å². The van der Waals surface area contributed by atoms with E-state index in [9.17, 15) is 0 Å². The number of nitrogens with one attached hydrogen (secondary N) is 1. The summed E-state index contributed by atoms with van der Waals surface area (Å²) in [5.74, 6) is 0.991. The first kappa shape index (κ1) is 23.4. The van der Waals surface area contributed by atoms with Crippen molar-refractivity contribution in [3.63, 3.8) is 0 Å². The van der Waals surface area contributed by atoms with Gasteiger partial charge in [-0.15, -0.1) is 24.0 Å². The van der Waals surface area contributed by atoms with Crippen LogP contribution in [0.1, 0.15) is 19.4 Å². The molecule has 158 valence electrons. The van der Waals surface area contributed by atoms with Crippen molar-refractivity contribution in [1.82, 2.24) is 20.0 Å². The van der Waals surface area contributed by atoms with Gasteiger partial charge in [0.2, 0.25) is 0 Å². The molecular weight excluding hydrogens is 465 g/mol. The number of benzene rings is 1. The first-order valence-electron chi connectivity index (χ1n) is 10.1. The van der Waals surface area contributed by atoms with Crippen molar-refractivity contribution in [2.75, 3.05) is 53.4 Å². The molecular formula is C21H36IN5O. The normalized spacial score (nSPS) is 23.1. The van der Waals surface area contributed by atoms with Crippen LogP contribution in [-0.2, 0) is 11.3 Å². The summed E-state index contributed by atoms with van der Waals surface area (Å²) in [6, 6.07) is 11.7. The van der Waals surface area contributed by atoms with E-state index < -0.39 is 0 Å². The number of rotatable bonds is 6. The molecule has 2 saturated heterocycles. The first-order valence-corrected chi connectivity index (χ1v) is 10.1. The Balaban J connectivity index is 0.00000280. The van der Waals surface area contributed by atoms with Crippen LogP contribution < -0.4 is 5.32 Å². The maximum Gasteiger partial charge on any atom is 0.193 e. The minimum atomic E-state index is 0. The summed E-state index contributed by atoms with van der Waals surface area (Å²) in [6.07, 6.45) is 0.263. The number of ether oxygens (including phenoxy) is 1. The van der Waals surface area contributed by atoms with Gasteiger partial charge < -0.3 is 19.9 Å². The van der Waals surface area contributed by atoms with Crippen LogP contribution in [0.4, 0.5) is 0 Å². The maximum atomic E-state index is 6.09. The molecule has 0 aliphatic carbocycles. The zero-order valence-electron chi connectivity index (χ0n) is 17.7. The minimum Gasteiger partial charge on any atom is -0.373 e. The van der Waals surface area contributed by atoms with Gasteiger partial charge >= 0.3 is 0 Å². The summed E-state index contributed by atoms with van der Waals surface area (Å²) in [4.78, 5) is 11.8. The highest BCUT2D eigenvalue weighted by Gasteiger charge is 2.41. The van der Waals surface area contributed by atoms with E-state index in [1.165, 1.54) is 5.56 Å². The Labute approximate surface area is 187 Å². The lowest BCUT2D eigenvalue weighted by Gasteiger charge is -2.36. The van der Waals surface area contributed by atoms with Gasteiger partial charge in [0.15, 0.2) is 5.96 Å². The zero-order valence-corrected chi connectivity index (χ0v) is 20.0. The molecule has 1 N–H and O–H groups in total. The molecule has 2 aliphatic rings. The van der Waals surface area contributed by atoms with E-state index in [1.807, 2.05) is 7.05 Å². The summed E-state index contributed by atoms with van der Waals surface area (Å²) in [5.41, 5.74) is 1.37. The van der Waals surface area contributed by atoms with E-state index in [0.29, 0.717) is 12.1 Å². The van der Waals surface area contributed by atoms with Gasteiger partial charge in [-0.25, -0.2) is 0 Å². The second-order valence-electron chi connectivity index (χ2n) is 7.89. The summed E-state index contributed by atoms with van der Waals surface area (Å²) >= 11 is 0. The number of likely N-dealkylation sites (tertiary alicyclic amines) is 1. The van der Waals surface area contributed by atoms with Crippen molar-refractivity contribution in [3.05, 3.63) is 35.9 Å². The summed E-state index contributed by atoms with van der Waals surface area (Å²) in [5, 5.41) is 3.53. The highest BCUT2D eigenvalue weighted by Crippen LogP contribution is 2.24. The Morgan fingerprint density at radius 2 is 2.04 bits per heavy atom. The van der Waals surface area contributed by atoms with Crippen molar-refractivity contribution >= 4 is 29.9 Å². The quantitative estimate of drug-likeness (QED) is 0.368. The number of hydrogen-bond acceptors (Lipinski definition) is 4. The number of aliphatic imine (C=N–C) groups is 1. The van der Waals surface area contributed by atoms with E-state index in [0.717, 1.165) is 51.8 Å². The van der Waals surface area contributed by atoms with Crippen molar-refractivity contribution < 1.29 is 4.74 Å². The smallest absolute Gasteiger partial charge is 0.193 e. The Morgan fingerprint density at radius 1 is 1.29 bits per heavy atom. The van der Waals surface area contributed by atoms with Crippen LogP contribution in [0.5, 0.6) is 0 Å². The van der Waals surface area contributed by atoms with Gasteiger partial charge in [0.05, 0.1) is 18.8 Å². The van der Waals surface area contributed by atoms with Gasteiger partial charge in [0.25, 0.3) is 0 Å². The average molecular weight is 501 g/mol. The molecule has 6 nitrogen and oxygen atoms in total. The van der Waals surface area contributed by atoms with E-state index in [2.05, 4.69) is 76.2 Å². The molecule has 1 aromatic carbocycles. The van der Waals surface area contributed by atoms with E-state index in [-0.39, 0.29) is 30.1 Å². The third kappa shape index (κ3) is 6.05. The van der Waals surface area contributed by atoms with Crippen molar-refractivity contribution in [3.8, 4) is 0 Å². The van der Waals surface area contributed by atoms with Crippen molar-refractivity contribution in [2.45, 2.75) is 38.6 Å². The van der Waals surface area contributed by atoms with Crippen LogP contribution in [0.15, 0.2) is 35.3 Å². The molecule has 0 aromatic heterocycles. The molecule has 0 spiro atoms. The van der Waals surface area contributed by atoms with Gasteiger partial charge in [-0.3, -0.25) is 9.89 Å². The third-order valence-corrected chi connectivity index (χ3v) is 5.79. The predicted octanol–water partition coefficient (Wildman–Crippen LogP) is 2.11. The SMILES string of the molecule is CN=C(NCCN(C)C(C)C)N1CC2OCCN(Cc3ccccc3)C2C1.I. The third-order valence-electron chi connectivity index (χ3n) is 5.79. The van der Waals surface area contributed by atoms with Gasteiger partial charge in [-0.2, -0.15) is 0 Å². The standard InChI is InChI=1S/C21H35N5O.HI/c1-17(2)24(4)11-10-23-21(22-3)26-15-19-20(16-26)27-13-12-25(19)14-18-8-6-5-7-9-18;/h5-9,17,19-20H,10-16H2,1-4H3,(H,22,23);1H. The number of morpholine rings is 1. The van der Waals surface area contributed by atoms with E-state index in [1.54, 1.807) is 0 Å². The monoisotopic (exact) mass is 501 g/mol. The Bertz CT molecular complexity index is 612. The molecule has 3 rings (SSSR count). The molecule has 7 heteroatoms. The fourth-order valence-electron chi connectivity index (χ4n) is 3.88. The fraction of sp³-hybridized carbons (Fsp3) is 0.667. The van der Waals surface area contributed by atoms with Gasteiger partial charge in [-0.1, -0.05) is 30.3 Å². The zero-order chi connectivity index (χ0) is 19.2. The Hall–Kier alpha value is -0.900.